The van der Waals surface area contributed by atoms with Crippen LogP contribution in [0.3, 0.4) is 0 Å². The number of unbranched alkanes of at least 4 members (excludes halogenated alkanes) is 19. The van der Waals surface area contributed by atoms with Crippen molar-refractivity contribution in [3.05, 3.63) is 18.2 Å². The molecule has 0 fully saturated rings. The summed E-state index contributed by atoms with van der Waals surface area (Å²) in [6, 6.07) is 4.79. The number of hydrogen-bond acceptors (Lipinski definition) is 5. The minimum Gasteiger partial charge on any atom is -0.744 e. The first kappa shape index (κ1) is 34.4. The van der Waals surface area contributed by atoms with Crippen molar-refractivity contribution in [3.8, 4) is 0 Å². The van der Waals surface area contributed by atoms with Crippen LogP contribution in [0.5, 0.6) is 0 Å². The molecule has 0 saturated heterocycles. The maximum Gasteiger partial charge on any atom is 1.00 e. The van der Waals surface area contributed by atoms with E-state index in [0.717, 1.165) is 12.8 Å². The third-order valence-electron chi connectivity index (χ3n) is 7.29. The van der Waals surface area contributed by atoms with E-state index in [1.165, 1.54) is 128 Å². The van der Waals surface area contributed by atoms with E-state index in [1.807, 2.05) is 6.07 Å². The molecule has 1 atom stereocenters. The van der Waals surface area contributed by atoms with Gasteiger partial charge in [-0.1, -0.05) is 135 Å². The van der Waals surface area contributed by atoms with Crippen LogP contribution in [-0.4, -0.2) is 19.1 Å². The maximum absolute atomic E-state index is 11.4. The predicted molar refractivity (Wildman–Crippen MR) is 148 cm³/mol. The van der Waals surface area contributed by atoms with Gasteiger partial charge in [0.05, 0.1) is 22.4 Å². The molecule has 1 aromatic carbocycles. The molecular weight excluding hydrogens is 495 g/mol. The van der Waals surface area contributed by atoms with E-state index < -0.39 is 10.1 Å². The van der Waals surface area contributed by atoms with E-state index in [-0.39, 0.29) is 62.4 Å². The molecule has 0 saturated carbocycles. The van der Waals surface area contributed by atoms with Crippen molar-refractivity contribution < 1.29 is 64.4 Å². The Morgan fingerprint density at radius 1 is 0.667 bits per heavy atom. The average Bonchev–Trinajstić information content (AvgIpc) is 3.25. The molecule has 0 bridgehead atoms. The predicted octanol–water partition coefficient (Wildman–Crippen LogP) is 5.97. The fourth-order valence-electron chi connectivity index (χ4n) is 5.15. The molecule has 1 unspecified atom stereocenters. The number of hydrogen-bond donors (Lipinski definition) is 2. The van der Waals surface area contributed by atoms with Gasteiger partial charge in [-0.15, -0.1) is 0 Å². The summed E-state index contributed by atoms with van der Waals surface area (Å²) in [6.45, 7) is 2.28. The Bertz CT molecular complexity index is 789. The van der Waals surface area contributed by atoms with Crippen molar-refractivity contribution in [2.75, 3.05) is 10.6 Å². The van der Waals surface area contributed by atoms with Crippen molar-refractivity contribution in [3.63, 3.8) is 0 Å². The topological polar surface area (TPSA) is 81.3 Å². The molecule has 1 aliphatic rings. The summed E-state index contributed by atoms with van der Waals surface area (Å²) in [7, 11) is -4.46. The summed E-state index contributed by atoms with van der Waals surface area (Å²) in [5, 5.41) is 6.47. The number of anilines is 2. The third-order valence-corrected chi connectivity index (χ3v) is 8.17. The van der Waals surface area contributed by atoms with Crippen molar-refractivity contribution in [1.82, 2.24) is 0 Å². The van der Waals surface area contributed by atoms with Crippen LogP contribution in [0.2, 0.25) is 0 Å². The van der Waals surface area contributed by atoms with Gasteiger partial charge in [-0.2, -0.15) is 0 Å². The molecule has 0 aliphatic carbocycles. The number of benzene rings is 1. The van der Waals surface area contributed by atoms with E-state index >= 15 is 0 Å². The first-order chi connectivity index (χ1) is 17.0. The summed E-state index contributed by atoms with van der Waals surface area (Å²) in [5.74, 6) is 0. The molecule has 0 aromatic heterocycles. The van der Waals surface area contributed by atoms with Crippen molar-refractivity contribution >= 4 is 21.5 Å². The third kappa shape index (κ3) is 15.1. The Balaban J connectivity index is 0.00000648. The van der Waals surface area contributed by atoms with Crippen molar-refractivity contribution in [1.29, 1.82) is 0 Å². The van der Waals surface area contributed by atoms with Crippen LogP contribution < -0.4 is 62.0 Å². The van der Waals surface area contributed by atoms with Gasteiger partial charge in [0, 0.05) is 0 Å². The van der Waals surface area contributed by atoms with Gasteiger partial charge < -0.3 is 15.2 Å². The van der Waals surface area contributed by atoms with Crippen LogP contribution in [0.25, 0.3) is 0 Å². The van der Waals surface area contributed by atoms with Gasteiger partial charge in [-0.05, 0) is 25.0 Å². The molecule has 1 aliphatic heterocycles. The molecule has 36 heavy (non-hydrogen) atoms. The van der Waals surface area contributed by atoms with Gasteiger partial charge in [0.1, 0.15) is 10.1 Å². The van der Waals surface area contributed by atoms with E-state index in [1.54, 1.807) is 6.07 Å². The monoisotopic (exact) mass is 546 g/mol. The van der Waals surface area contributed by atoms with Crippen molar-refractivity contribution in [2.45, 2.75) is 153 Å². The van der Waals surface area contributed by atoms with Gasteiger partial charge in [0.25, 0.3) is 0 Å². The van der Waals surface area contributed by atoms with Gasteiger partial charge in [0.15, 0.2) is 0 Å². The summed E-state index contributed by atoms with van der Waals surface area (Å²) >= 11 is 0. The average molecular weight is 547 g/mol. The summed E-state index contributed by atoms with van der Waals surface area (Å²) < 4.78 is 34.3. The second-order valence-electron chi connectivity index (χ2n) is 10.5. The minimum atomic E-state index is -4.46. The SMILES string of the molecule is CCCCCCCCCCCCCCCCCCCCCCC1Nc2cccc(S(=O)(=O)[O-])c2N1.[K+]. The molecule has 1 aromatic rings. The molecule has 7 heteroatoms. The Kier molecular flexibility index (Phi) is 20.3. The van der Waals surface area contributed by atoms with E-state index in [4.69, 9.17) is 0 Å². The van der Waals surface area contributed by atoms with Crippen LogP contribution in [0.4, 0.5) is 11.4 Å². The van der Waals surface area contributed by atoms with E-state index in [2.05, 4.69) is 17.6 Å². The van der Waals surface area contributed by atoms with E-state index in [9.17, 15) is 13.0 Å². The molecule has 0 amide bonds. The molecule has 1 heterocycles. The number of rotatable bonds is 22. The summed E-state index contributed by atoms with van der Waals surface area (Å²) in [4.78, 5) is -0.159. The smallest absolute Gasteiger partial charge is 0.744 e. The molecule has 0 radical (unpaired) electrons. The Morgan fingerprint density at radius 2 is 1.08 bits per heavy atom. The van der Waals surface area contributed by atoms with Crippen LogP contribution in [0.1, 0.15) is 142 Å². The van der Waals surface area contributed by atoms with Crippen molar-refractivity contribution in [2.24, 2.45) is 0 Å². The molecule has 2 rings (SSSR count). The fourth-order valence-corrected chi connectivity index (χ4v) is 5.82. The zero-order chi connectivity index (χ0) is 25.2. The molecule has 0 spiro atoms. The summed E-state index contributed by atoms with van der Waals surface area (Å²) in [6.07, 6.45) is 28.4. The van der Waals surface area contributed by atoms with Gasteiger partial charge in [-0.3, -0.25) is 0 Å². The maximum atomic E-state index is 11.4. The van der Waals surface area contributed by atoms with Gasteiger partial charge >= 0.3 is 51.4 Å². The Labute approximate surface area is 264 Å². The second-order valence-corrected chi connectivity index (χ2v) is 11.8. The van der Waals surface area contributed by atoms with Gasteiger partial charge in [0.2, 0.25) is 0 Å². The van der Waals surface area contributed by atoms with Crippen LogP contribution >= 0.6 is 0 Å². The molecule has 2 N–H and O–H groups in total. The minimum absolute atomic E-state index is 0. The summed E-state index contributed by atoms with van der Waals surface area (Å²) in [5.41, 5.74) is 1.14. The first-order valence-corrected chi connectivity index (χ1v) is 16.0. The fraction of sp³-hybridized carbons (Fsp3) is 0.793. The number of nitrogens with one attached hydrogen (secondary N) is 2. The molecule has 202 valence electrons. The van der Waals surface area contributed by atoms with Crippen LogP contribution in [0.15, 0.2) is 23.1 Å². The van der Waals surface area contributed by atoms with E-state index in [0.29, 0.717) is 11.4 Å². The number of para-hydroxylation sites is 1. The Hall–Kier alpha value is 0.366. The molecule has 5 nitrogen and oxygen atoms in total. The largest absolute Gasteiger partial charge is 1.00 e. The standard InChI is InChI=1S/C29H52N2O3S.K/c1-2-3-4-5-6-7-8-9-10-11-12-13-14-15-16-17-18-19-20-21-25-28-30-26-23-22-24-27(29(26)31-28)35(32,33)34;/h22-24,28,30-31H,2-21,25H2,1H3,(H,32,33,34);/q;+1/p-1. The van der Waals surface area contributed by atoms with Crippen LogP contribution in [0, 0.1) is 0 Å². The number of fused-ring (bicyclic) bond motifs is 1. The second kappa shape index (κ2) is 21.2. The zero-order valence-corrected chi connectivity index (χ0v) is 27.2. The van der Waals surface area contributed by atoms with Crippen LogP contribution in [-0.2, 0) is 10.1 Å². The normalized spacial score (nSPS) is 14.7. The molecular formula is C29H51KN2O3S. The van der Waals surface area contributed by atoms with Gasteiger partial charge in [-0.25, -0.2) is 8.42 Å². The zero-order valence-electron chi connectivity index (χ0n) is 23.3. The first-order valence-electron chi connectivity index (χ1n) is 14.6. The Morgan fingerprint density at radius 3 is 1.50 bits per heavy atom. The quantitative estimate of drug-likeness (QED) is 0.106.